The number of carbonyl (C=O) groups is 1. The molecule has 0 aliphatic heterocycles. The predicted molar refractivity (Wildman–Crippen MR) is 143 cm³/mol. The quantitative estimate of drug-likeness (QED) is 0.0919. The molecule has 7 heteroatoms. The Labute approximate surface area is 210 Å². The molecule has 0 aliphatic rings. The molecule has 1 amide bonds. The van der Waals surface area contributed by atoms with Crippen LogP contribution < -0.4 is 5.32 Å². The van der Waals surface area contributed by atoms with Crippen LogP contribution in [0.25, 0.3) is 0 Å². The van der Waals surface area contributed by atoms with Gasteiger partial charge in [-0.1, -0.05) is 129 Å². The van der Waals surface area contributed by atoms with Crippen molar-refractivity contribution in [3.05, 3.63) is 0 Å². The van der Waals surface area contributed by atoms with Gasteiger partial charge in [-0.2, -0.15) is 8.42 Å². The van der Waals surface area contributed by atoms with Gasteiger partial charge >= 0.3 is 0 Å². The van der Waals surface area contributed by atoms with Gasteiger partial charge in [0.1, 0.15) is 0 Å². The maximum atomic E-state index is 12.3. The van der Waals surface area contributed by atoms with Crippen LogP contribution in [0.15, 0.2) is 0 Å². The van der Waals surface area contributed by atoms with Crippen LogP contribution in [0.2, 0.25) is 0 Å². The van der Waals surface area contributed by atoms with Gasteiger partial charge in [-0.15, -0.1) is 0 Å². The summed E-state index contributed by atoms with van der Waals surface area (Å²) in [4.78, 5) is 12.3. The van der Waals surface area contributed by atoms with E-state index in [-0.39, 0.29) is 5.91 Å². The van der Waals surface area contributed by atoms with Crippen LogP contribution in [0.4, 0.5) is 0 Å². The Hall–Kier alpha value is -0.660. The summed E-state index contributed by atoms with van der Waals surface area (Å²) in [5, 5.41) is 13.1. The van der Waals surface area contributed by atoms with Crippen molar-refractivity contribution in [2.24, 2.45) is 0 Å². The summed E-state index contributed by atoms with van der Waals surface area (Å²) in [7, 11) is -4.28. The number of aliphatic hydroxyl groups excluding tert-OH is 1. The summed E-state index contributed by atoms with van der Waals surface area (Å²) in [6.45, 7) is 4.43. The molecule has 0 aromatic carbocycles. The first kappa shape index (κ1) is 33.3. The molecular formula is C27H55NO5S. The molecule has 0 aromatic rings. The van der Waals surface area contributed by atoms with Gasteiger partial charge < -0.3 is 10.4 Å². The predicted octanol–water partition coefficient (Wildman–Crippen LogP) is 6.95. The van der Waals surface area contributed by atoms with Crippen LogP contribution >= 0.6 is 0 Å². The summed E-state index contributed by atoms with van der Waals surface area (Å²) in [6, 6.07) is -0.959. The van der Waals surface area contributed by atoms with Gasteiger partial charge in [0.25, 0.3) is 10.1 Å². The first-order valence-electron chi connectivity index (χ1n) is 14.2. The third-order valence-electron chi connectivity index (χ3n) is 6.56. The van der Waals surface area contributed by atoms with Crippen LogP contribution in [0.5, 0.6) is 0 Å². The Morgan fingerprint density at radius 1 is 0.676 bits per heavy atom. The lowest BCUT2D eigenvalue weighted by Crippen LogP contribution is -2.47. The average Bonchev–Trinajstić information content (AvgIpc) is 2.77. The number of hydrogen-bond acceptors (Lipinski definition) is 4. The van der Waals surface area contributed by atoms with Gasteiger partial charge in [-0.3, -0.25) is 9.35 Å². The van der Waals surface area contributed by atoms with E-state index in [9.17, 15) is 22.9 Å². The standard InChI is InChI=1S/C27H55NO5S/c1-3-5-7-9-11-13-14-15-17-19-21-23-27(30)28-25(24-34(31,32)33)26(29)22-20-18-16-12-10-8-6-4-2/h25-26,29H,3-24H2,1-2H3,(H,28,30)(H,31,32,33). The second kappa shape index (κ2) is 22.8. The average molecular weight is 506 g/mol. The first-order valence-corrected chi connectivity index (χ1v) is 15.8. The number of unbranched alkanes of at least 4 members (excludes halogenated alkanes) is 17. The van der Waals surface area contributed by atoms with Gasteiger partial charge in [0.15, 0.2) is 0 Å². The first-order chi connectivity index (χ1) is 16.3. The number of aliphatic hydroxyl groups is 1. The molecule has 0 radical (unpaired) electrons. The van der Waals surface area contributed by atoms with E-state index in [0.717, 1.165) is 38.5 Å². The summed E-state index contributed by atoms with van der Waals surface area (Å²) in [5.41, 5.74) is 0. The third-order valence-corrected chi connectivity index (χ3v) is 7.34. The molecule has 34 heavy (non-hydrogen) atoms. The molecule has 204 valence electrons. The molecule has 0 heterocycles. The number of hydrogen-bond donors (Lipinski definition) is 3. The van der Waals surface area contributed by atoms with Crippen molar-refractivity contribution in [1.82, 2.24) is 5.32 Å². The molecule has 0 spiro atoms. The maximum absolute atomic E-state index is 12.3. The number of rotatable bonds is 25. The highest BCUT2D eigenvalue weighted by Gasteiger charge is 2.25. The van der Waals surface area contributed by atoms with Crippen molar-refractivity contribution >= 4 is 16.0 Å². The molecule has 0 saturated heterocycles. The second-order valence-corrected chi connectivity index (χ2v) is 11.5. The Bertz CT molecular complexity index is 567. The fraction of sp³-hybridized carbons (Fsp3) is 0.963. The van der Waals surface area contributed by atoms with Crippen molar-refractivity contribution in [3.63, 3.8) is 0 Å². The molecule has 3 N–H and O–H groups in total. The molecule has 0 fully saturated rings. The SMILES string of the molecule is CCCCCCCCCCCCCC(=O)NC(CS(=O)(=O)O)C(O)CCCCCCCCCC. The van der Waals surface area contributed by atoms with Gasteiger partial charge in [0.2, 0.25) is 5.91 Å². The molecule has 2 unspecified atom stereocenters. The van der Waals surface area contributed by atoms with Crippen LogP contribution in [-0.2, 0) is 14.9 Å². The van der Waals surface area contributed by atoms with Gasteiger partial charge in [0, 0.05) is 6.42 Å². The van der Waals surface area contributed by atoms with Gasteiger partial charge in [-0.05, 0) is 12.8 Å². The Morgan fingerprint density at radius 2 is 1.06 bits per heavy atom. The van der Waals surface area contributed by atoms with Crippen LogP contribution in [0.3, 0.4) is 0 Å². The van der Waals surface area contributed by atoms with E-state index in [2.05, 4.69) is 19.2 Å². The van der Waals surface area contributed by atoms with Crippen molar-refractivity contribution in [3.8, 4) is 0 Å². The highest BCUT2D eigenvalue weighted by atomic mass is 32.2. The van der Waals surface area contributed by atoms with Crippen molar-refractivity contribution < 1.29 is 22.9 Å². The zero-order valence-electron chi connectivity index (χ0n) is 22.2. The highest BCUT2D eigenvalue weighted by molar-refractivity contribution is 7.85. The summed E-state index contributed by atoms with van der Waals surface area (Å²) in [6.07, 6.45) is 22.0. The van der Waals surface area contributed by atoms with E-state index in [1.54, 1.807) is 0 Å². The Kier molecular flexibility index (Phi) is 22.3. The van der Waals surface area contributed by atoms with E-state index in [1.165, 1.54) is 83.5 Å². The van der Waals surface area contributed by atoms with E-state index < -0.39 is 28.0 Å². The second-order valence-electron chi connectivity index (χ2n) is 10.0. The zero-order valence-corrected chi connectivity index (χ0v) is 23.1. The summed E-state index contributed by atoms with van der Waals surface area (Å²) in [5.74, 6) is -0.894. The lowest BCUT2D eigenvalue weighted by Gasteiger charge is -2.23. The number of amides is 1. The molecule has 0 bridgehead atoms. The molecule has 2 atom stereocenters. The van der Waals surface area contributed by atoms with E-state index >= 15 is 0 Å². The van der Waals surface area contributed by atoms with E-state index in [4.69, 9.17) is 0 Å². The number of carbonyl (C=O) groups excluding carboxylic acids is 1. The molecule has 0 aliphatic carbocycles. The van der Waals surface area contributed by atoms with Crippen LogP contribution in [0, 0.1) is 0 Å². The highest BCUT2D eigenvalue weighted by Crippen LogP contribution is 2.14. The molecule has 0 saturated carbocycles. The summed E-state index contributed by atoms with van der Waals surface area (Å²) < 4.78 is 32.0. The largest absolute Gasteiger partial charge is 0.391 e. The lowest BCUT2D eigenvalue weighted by molar-refractivity contribution is -0.122. The number of nitrogens with one attached hydrogen (secondary N) is 1. The van der Waals surface area contributed by atoms with Crippen molar-refractivity contribution in [2.75, 3.05) is 5.75 Å². The minimum absolute atomic E-state index is 0.250. The fourth-order valence-electron chi connectivity index (χ4n) is 4.39. The minimum atomic E-state index is -4.28. The molecule has 6 nitrogen and oxygen atoms in total. The Morgan fingerprint density at radius 3 is 1.47 bits per heavy atom. The van der Waals surface area contributed by atoms with E-state index in [0.29, 0.717) is 12.8 Å². The zero-order chi connectivity index (χ0) is 25.5. The summed E-state index contributed by atoms with van der Waals surface area (Å²) >= 11 is 0. The van der Waals surface area contributed by atoms with Crippen molar-refractivity contribution in [2.45, 2.75) is 161 Å². The molecular weight excluding hydrogens is 450 g/mol. The van der Waals surface area contributed by atoms with Crippen LogP contribution in [-0.4, -0.2) is 41.9 Å². The molecule has 0 rings (SSSR count). The van der Waals surface area contributed by atoms with Gasteiger partial charge in [-0.25, -0.2) is 0 Å². The topological polar surface area (TPSA) is 104 Å². The Balaban J connectivity index is 4.04. The van der Waals surface area contributed by atoms with Crippen molar-refractivity contribution in [1.29, 1.82) is 0 Å². The third kappa shape index (κ3) is 23.1. The maximum Gasteiger partial charge on any atom is 0.266 e. The van der Waals surface area contributed by atoms with Crippen LogP contribution in [0.1, 0.15) is 149 Å². The minimum Gasteiger partial charge on any atom is -0.391 e. The monoisotopic (exact) mass is 505 g/mol. The fourth-order valence-corrected chi connectivity index (χ4v) is 5.15. The van der Waals surface area contributed by atoms with Gasteiger partial charge in [0.05, 0.1) is 17.9 Å². The smallest absolute Gasteiger partial charge is 0.266 e. The molecule has 0 aromatic heterocycles. The van der Waals surface area contributed by atoms with E-state index in [1.807, 2.05) is 0 Å². The normalized spacial score (nSPS) is 13.6. The lowest BCUT2D eigenvalue weighted by atomic mass is 10.0.